The molecule has 0 aliphatic rings. The summed E-state index contributed by atoms with van der Waals surface area (Å²) >= 11 is 11.7. The standard InChI is InChI=1S/C6H6Cl2OSe/c1-3-5(7)4(2-9)10-6(3)8/h9H,2H2,1H3. The molecule has 10 heavy (non-hydrogen) atoms. The maximum absolute atomic E-state index is 8.76. The van der Waals surface area contributed by atoms with Crippen molar-refractivity contribution in [1.29, 1.82) is 0 Å². The molecule has 0 saturated carbocycles. The second kappa shape index (κ2) is 3.29. The molecule has 1 N–H and O–H groups in total. The summed E-state index contributed by atoms with van der Waals surface area (Å²) in [6, 6.07) is 0. The summed E-state index contributed by atoms with van der Waals surface area (Å²) in [5, 5.41) is 9.42. The summed E-state index contributed by atoms with van der Waals surface area (Å²) in [6.07, 6.45) is 0. The first kappa shape index (κ1) is 8.63. The third-order valence-corrected chi connectivity index (χ3v) is 4.91. The molecule has 1 aromatic rings. The molecule has 0 fully saturated rings. The Morgan fingerprint density at radius 2 is 2.10 bits per heavy atom. The van der Waals surface area contributed by atoms with Crippen LogP contribution in [-0.4, -0.2) is 19.6 Å². The molecule has 4 heteroatoms. The number of aliphatic hydroxyl groups is 1. The molecule has 0 aromatic carbocycles. The minimum absolute atomic E-state index is 0.0341. The van der Waals surface area contributed by atoms with Crippen molar-refractivity contribution in [2.75, 3.05) is 0 Å². The zero-order valence-electron chi connectivity index (χ0n) is 5.32. The fraction of sp³-hybridized carbons (Fsp3) is 0.333. The molecule has 1 nitrogen and oxygen atoms in total. The van der Waals surface area contributed by atoms with Gasteiger partial charge in [-0.25, -0.2) is 0 Å². The number of rotatable bonds is 1. The Morgan fingerprint density at radius 3 is 2.30 bits per heavy atom. The minimum atomic E-state index is 0.0341. The summed E-state index contributed by atoms with van der Waals surface area (Å²) in [6.45, 7) is 1.90. The van der Waals surface area contributed by atoms with E-state index < -0.39 is 0 Å². The van der Waals surface area contributed by atoms with Gasteiger partial charge in [0.15, 0.2) is 0 Å². The van der Waals surface area contributed by atoms with Crippen LogP contribution in [0.1, 0.15) is 10.0 Å². The summed E-state index contributed by atoms with van der Waals surface area (Å²) in [4.78, 5) is 0. The third kappa shape index (κ3) is 1.41. The molecule has 0 bridgehead atoms. The normalized spacial score (nSPS) is 10.4. The molecule has 1 heterocycles. The van der Waals surface area contributed by atoms with E-state index >= 15 is 0 Å². The van der Waals surface area contributed by atoms with Gasteiger partial charge >= 0.3 is 75.3 Å². The van der Waals surface area contributed by atoms with E-state index in [9.17, 15) is 0 Å². The predicted octanol–water partition coefficient (Wildman–Crippen LogP) is 1.85. The van der Waals surface area contributed by atoms with Gasteiger partial charge in [-0.1, -0.05) is 0 Å². The van der Waals surface area contributed by atoms with Gasteiger partial charge in [0.05, 0.1) is 0 Å². The molecule has 0 aliphatic heterocycles. The van der Waals surface area contributed by atoms with Crippen LogP contribution in [0.2, 0.25) is 8.92 Å². The van der Waals surface area contributed by atoms with Gasteiger partial charge in [0.2, 0.25) is 0 Å². The number of halogens is 2. The van der Waals surface area contributed by atoms with Gasteiger partial charge in [-0.05, 0) is 0 Å². The van der Waals surface area contributed by atoms with Gasteiger partial charge < -0.3 is 0 Å². The van der Waals surface area contributed by atoms with Crippen molar-refractivity contribution in [2.24, 2.45) is 0 Å². The third-order valence-electron chi connectivity index (χ3n) is 1.23. The molecule has 0 aliphatic carbocycles. The second-order valence-electron chi connectivity index (χ2n) is 1.90. The van der Waals surface area contributed by atoms with E-state index in [1.165, 1.54) is 0 Å². The van der Waals surface area contributed by atoms with Crippen molar-refractivity contribution < 1.29 is 5.11 Å². The van der Waals surface area contributed by atoms with Crippen LogP contribution in [0.5, 0.6) is 0 Å². The van der Waals surface area contributed by atoms with Crippen molar-refractivity contribution in [3.8, 4) is 0 Å². The Morgan fingerprint density at radius 1 is 1.50 bits per heavy atom. The molecule has 0 atom stereocenters. The van der Waals surface area contributed by atoms with E-state index in [0.29, 0.717) is 5.02 Å². The first-order valence-corrected chi connectivity index (χ1v) is 5.17. The monoisotopic (exact) mass is 244 g/mol. The van der Waals surface area contributed by atoms with Gasteiger partial charge in [-0.3, -0.25) is 0 Å². The van der Waals surface area contributed by atoms with Crippen molar-refractivity contribution in [3.63, 3.8) is 0 Å². The molecule has 0 radical (unpaired) electrons. The molecule has 56 valence electrons. The van der Waals surface area contributed by atoms with Crippen LogP contribution in [0, 0.1) is 6.92 Å². The fourth-order valence-corrected chi connectivity index (χ4v) is 3.37. The van der Waals surface area contributed by atoms with E-state index in [0.717, 1.165) is 13.9 Å². The zero-order valence-corrected chi connectivity index (χ0v) is 8.54. The van der Waals surface area contributed by atoms with Crippen molar-refractivity contribution in [1.82, 2.24) is 0 Å². The quantitative estimate of drug-likeness (QED) is 0.747. The van der Waals surface area contributed by atoms with E-state index in [1.54, 1.807) is 0 Å². The topological polar surface area (TPSA) is 20.2 Å². The molecule has 0 saturated heterocycles. The number of aliphatic hydroxyl groups excluding tert-OH is 1. The molecule has 0 unspecified atom stereocenters. The van der Waals surface area contributed by atoms with Crippen LogP contribution in [0.4, 0.5) is 0 Å². The molecule has 0 amide bonds. The SMILES string of the molecule is Cc1c(Cl)[se]c(CO)c1Cl. The van der Waals surface area contributed by atoms with Gasteiger partial charge in [0, 0.05) is 0 Å². The Hall–Kier alpha value is 0.539. The van der Waals surface area contributed by atoms with Crippen LogP contribution >= 0.6 is 23.2 Å². The molecule has 1 aromatic heterocycles. The number of hydrogen-bond acceptors (Lipinski definition) is 1. The fourth-order valence-electron chi connectivity index (χ4n) is 0.627. The summed E-state index contributed by atoms with van der Waals surface area (Å²) < 4.78 is 1.69. The molecular weight excluding hydrogens is 238 g/mol. The van der Waals surface area contributed by atoms with Crippen LogP contribution in [0.25, 0.3) is 0 Å². The Kier molecular flexibility index (Phi) is 2.84. The van der Waals surface area contributed by atoms with Crippen molar-refractivity contribution in [2.45, 2.75) is 13.5 Å². The first-order valence-electron chi connectivity index (χ1n) is 2.71. The number of hydrogen-bond donors (Lipinski definition) is 1. The zero-order chi connectivity index (χ0) is 7.72. The van der Waals surface area contributed by atoms with E-state index in [4.69, 9.17) is 28.3 Å². The van der Waals surface area contributed by atoms with Crippen LogP contribution in [-0.2, 0) is 6.61 Å². The van der Waals surface area contributed by atoms with Crippen LogP contribution < -0.4 is 0 Å². The second-order valence-corrected chi connectivity index (χ2v) is 5.48. The van der Waals surface area contributed by atoms with Gasteiger partial charge in [-0.15, -0.1) is 0 Å². The Labute approximate surface area is 75.3 Å². The molecule has 0 spiro atoms. The van der Waals surface area contributed by atoms with Crippen molar-refractivity contribution in [3.05, 3.63) is 18.9 Å². The molecule has 1 rings (SSSR count). The summed E-state index contributed by atoms with van der Waals surface area (Å²) in [7, 11) is 0. The summed E-state index contributed by atoms with van der Waals surface area (Å²) in [5.74, 6) is 0. The average molecular weight is 244 g/mol. The van der Waals surface area contributed by atoms with Gasteiger partial charge in [0.1, 0.15) is 0 Å². The van der Waals surface area contributed by atoms with Crippen molar-refractivity contribution >= 4 is 37.7 Å². The van der Waals surface area contributed by atoms with Gasteiger partial charge in [0.25, 0.3) is 0 Å². The van der Waals surface area contributed by atoms with Gasteiger partial charge in [-0.2, -0.15) is 0 Å². The average Bonchev–Trinajstić information content (AvgIpc) is 2.17. The van der Waals surface area contributed by atoms with Crippen LogP contribution in [0.3, 0.4) is 0 Å². The molecular formula is C6H6Cl2OSe. The predicted molar refractivity (Wildman–Crippen MR) is 44.1 cm³/mol. The summed E-state index contributed by atoms with van der Waals surface area (Å²) in [5.41, 5.74) is 0.924. The Bertz CT molecular complexity index is 244. The van der Waals surface area contributed by atoms with E-state index in [1.807, 2.05) is 6.92 Å². The van der Waals surface area contributed by atoms with E-state index in [2.05, 4.69) is 0 Å². The first-order chi connectivity index (χ1) is 4.66. The van der Waals surface area contributed by atoms with Crippen LogP contribution in [0.15, 0.2) is 0 Å². The van der Waals surface area contributed by atoms with E-state index in [-0.39, 0.29) is 21.1 Å². The maximum atomic E-state index is 8.76. The Balaban J connectivity index is 3.17.